The summed E-state index contributed by atoms with van der Waals surface area (Å²) >= 11 is 2.28. The van der Waals surface area contributed by atoms with Gasteiger partial charge in [0.25, 0.3) is 5.91 Å². The molecule has 25 heavy (non-hydrogen) atoms. The number of nitrogens with one attached hydrogen (secondary N) is 1. The van der Waals surface area contributed by atoms with Crippen LogP contribution in [-0.2, 0) is 0 Å². The van der Waals surface area contributed by atoms with Crippen LogP contribution >= 0.6 is 47.4 Å². The zero-order valence-electron chi connectivity index (χ0n) is 14.6. The lowest BCUT2D eigenvalue weighted by molar-refractivity contribution is 0.0943. The van der Waals surface area contributed by atoms with Crippen LogP contribution in [0.15, 0.2) is 30.3 Å². The van der Waals surface area contributed by atoms with Gasteiger partial charge >= 0.3 is 0 Å². The van der Waals surface area contributed by atoms with Crippen molar-refractivity contribution in [3.63, 3.8) is 0 Å². The smallest absolute Gasteiger partial charge is 0.269 e. The normalized spacial score (nSPS) is 10.2. The number of aromatic nitrogens is 1. The average molecular weight is 498 g/mol. The Morgan fingerprint density at radius 1 is 1.08 bits per heavy atom. The Labute approximate surface area is 176 Å². The van der Waals surface area contributed by atoms with Crippen molar-refractivity contribution >= 4 is 64.2 Å². The number of amides is 1. The van der Waals surface area contributed by atoms with Crippen LogP contribution < -0.4 is 5.32 Å². The summed E-state index contributed by atoms with van der Waals surface area (Å²) in [6.07, 6.45) is 2.28. The van der Waals surface area contributed by atoms with Crippen molar-refractivity contribution in [2.75, 3.05) is 26.2 Å². The second-order valence-corrected chi connectivity index (χ2v) is 6.88. The molecular formula is C18H26Cl2IN3O. The first-order valence-electron chi connectivity index (χ1n) is 8.21. The number of rotatable bonds is 8. The van der Waals surface area contributed by atoms with Crippen LogP contribution in [0.2, 0.25) is 0 Å². The predicted molar refractivity (Wildman–Crippen MR) is 118 cm³/mol. The van der Waals surface area contributed by atoms with Crippen LogP contribution in [0, 0.1) is 3.57 Å². The van der Waals surface area contributed by atoms with Crippen LogP contribution in [0.3, 0.4) is 0 Å². The number of carbonyl (C=O) groups excluding carboxylic acids is 1. The van der Waals surface area contributed by atoms with E-state index in [-0.39, 0.29) is 30.7 Å². The molecule has 2 aromatic rings. The largest absolute Gasteiger partial charge is 0.349 e. The third-order valence-corrected chi connectivity index (χ3v) is 4.35. The molecule has 0 bridgehead atoms. The highest BCUT2D eigenvalue weighted by Gasteiger charge is 2.09. The molecule has 0 aliphatic rings. The van der Waals surface area contributed by atoms with Gasteiger partial charge in [-0.2, -0.15) is 0 Å². The van der Waals surface area contributed by atoms with Crippen molar-refractivity contribution in [3.8, 4) is 0 Å². The minimum atomic E-state index is -0.0987. The molecule has 1 N–H and O–H groups in total. The van der Waals surface area contributed by atoms with E-state index in [1.165, 1.54) is 3.57 Å². The average Bonchev–Trinajstić information content (AvgIpc) is 2.54. The second kappa shape index (κ2) is 12.7. The minimum Gasteiger partial charge on any atom is -0.349 e. The molecule has 7 heteroatoms. The van der Waals surface area contributed by atoms with Gasteiger partial charge in [0.05, 0.1) is 5.52 Å². The molecule has 0 saturated heterocycles. The summed E-state index contributed by atoms with van der Waals surface area (Å²) in [7, 11) is 0. The van der Waals surface area contributed by atoms with Gasteiger partial charge in [0.2, 0.25) is 0 Å². The lowest BCUT2D eigenvalue weighted by Crippen LogP contribution is -2.36. The highest BCUT2D eigenvalue weighted by atomic mass is 127. The van der Waals surface area contributed by atoms with Crippen molar-refractivity contribution in [2.45, 2.75) is 26.7 Å². The van der Waals surface area contributed by atoms with E-state index in [1.54, 1.807) is 6.07 Å². The highest BCUT2D eigenvalue weighted by Crippen LogP contribution is 2.16. The van der Waals surface area contributed by atoms with Crippen molar-refractivity contribution in [3.05, 3.63) is 39.6 Å². The molecule has 1 heterocycles. The summed E-state index contributed by atoms with van der Waals surface area (Å²) in [6, 6.07) is 9.78. The summed E-state index contributed by atoms with van der Waals surface area (Å²) in [5, 5.41) is 4.04. The van der Waals surface area contributed by atoms with Crippen LogP contribution in [0.1, 0.15) is 37.2 Å². The Morgan fingerprint density at radius 2 is 1.76 bits per heavy atom. The van der Waals surface area contributed by atoms with Gasteiger partial charge in [-0.25, -0.2) is 4.98 Å². The summed E-state index contributed by atoms with van der Waals surface area (Å²) in [5.74, 6) is -0.0987. The van der Waals surface area contributed by atoms with Gasteiger partial charge in [-0.15, -0.1) is 24.8 Å². The molecule has 140 valence electrons. The zero-order chi connectivity index (χ0) is 16.7. The number of fused-ring (bicyclic) bond motifs is 1. The number of benzene rings is 1. The molecule has 1 amide bonds. The van der Waals surface area contributed by atoms with E-state index in [9.17, 15) is 4.79 Å². The van der Waals surface area contributed by atoms with E-state index < -0.39 is 0 Å². The SMILES string of the molecule is CCCN(CCC)CCNC(=O)c1ccc2cc(I)ccc2n1.Cl.Cl. The summed E-state index contributed by atoms with van der Waals surface area (Å²) < 4.78 is 1.17. The molecule has 0 aliphatic carbocycles. The fraction of sp³-hybridized carbons (Fsp3) is 0.444. The number of nitrogens with zero attached hydrogens (tertiary/aromatic N) is 2. The Balaban J connectivity index is 0.00000288. The molecule has 0 fully saturated rings. The molecule has 1 aromatic heterocycles. The summed E-state index contributed by atoms with van der Waals surface area (Å²) in [4.78, 5) is 19.1. The van der Waals surface area contributed by atoms with Crippen molar-refractivity contribution in [2.24, 2.45) is 0 Å². The number of pyridine rings is 1. The first-order chi connectivity index (χ1) is 11.1. The van der Waals surface area contributed by atoms with E-state index in [2.05, 4.69) is 57.7 Å². The Morgan fingerprint density at radius 3 is 2.40 bits per heavy atom. The van der Waals surface area contributed by atoms with Gasteiger partial charge in [-0.3, -0.25) is 4.79 Å². The fourth-order valence-corrected chi connectivity index (χ4v) is 3.12. The van der Waals surface area contributed by atoms with E-state index in [0.29, 0.717) is 12.2 Å². The van der Waals surface area contributed by atoms with Gasteiger partial charge in [-0.1, -0.05) is 19.9 Å². The maximum atomic E-state index is 12.3. The molecule has 0 aliphatic heterocycles. The first kappa shape index (κ1) is 24.4. The molecular weight excluding hydrogens is 472 g/mol. The van der Waals surface area contributed by atoms with E-state index >= 15 is 0 Å². The number of halogens is 3. The van der Waals surface area contributed by atoms with Crippen LogP contribution in [0.5, 0.6) is 0 Å². The zero-order valence-corrected chi connectivity index (χ0v) is 18.4. The topological polar surface area (TPSA) is 45.2 Å². The van der Waals surface area contributed by atoms with Crippen molar-refractivity contribution in [1.82, 2.24) is 15.2 Å². The molecule has 0 spiro atoms. The predicted octanol–water partition coefficient (Wildman–Crippen LogP) is 4.53. The lowest BCUT2D eigenvalue weighted by Gasteiger charge is -2.20. The van der Waals surface area contributed by atoms with E-state index in [4.69, 9.17) is 0 Å². The molecule has 0 atom stereocenters. The quantitative estimate of drug-likeness (QED) is 0.545. The van der Waals surface area contributed by atoms with Crippen LogP contribution in [0.4, 0.5) is 0 Å². The molecule has 2 rings (SSSR count). The van der Waals surface area contributed by atoms with Crippen LogP contribution in [0.25, 0.3) is 10.9 Å². The van der Waals surface area contributed by atoms with E-state index in [0.717, 1.165) is 43.4 Å². The second-order valence-electron chi connectivity index (χ2n) is 5.63. The van der Waals surface area contributed by atoms with Gasteiger partial charge in [0, 0.05) is 22.0 Å². The number of hydrogen-bond acceptors (Lipinski definition) is 3. The third-order valence-electron chi connectivity index (χ3n) is 3.68. The Kier molecular flexibility index (Phi) is 12.4. The number of hydrogen-bond donors (Lipinski definition) is 1. The van der Waals surface area contributed by atoms with Crippen molar-refractivity contribution in [1.29, 1.82) is 0 Å². The van der Waals surface area contributed by atoms with Crippen molar-refractivity contribution < 1.29 is 4.79 Å². The number of carbonyl (C=O) groups is 1. The van der Waals surface area contributed by atoms with Gasteiger partial charge in [-0.05, 0) is 72.8 Å². The lowest BCUT2D eigenvalue weighted by atomic mass is 10.2. The molecule has 1 aromatic carbocycles. The van der Waals surface area contributed by atoms with Gasteiger partial charge < -0.3 is 10.2 Å². The standard InChI is InChI=1S/C18H24IN3O.2ClH/c1-3-10-22(11-4-2)12-9-20-18(23)17-7-5-14-13-15(19)6-8-16(14)21-17;;/h5-8,13H,3-4,9-12H2,1-2H3,(H,20,23);2*1H. The Bertz CT molecular complexity index is 664. The first-order valence-corrected chi connectivity index (χ1v) is 9.28. The highest BCUT2D eigenvalue weighted by molar-refractivity contribution is 14.1. The molecule has 4 nitrogen and oxygen atoms in total. The maximum Gasteiger partial charge on any atom is 0.269 e. The summed E-state index contributed by atoms with van der Waals surface area (Å²) in [6.45, 7) is 8.07. The molecule has 0 unspecified atom stereocenters. The molecule has 0 radical (unpaired) electrons. The third kappa shape index (κ3) is 7.64. The monoisotopic (exact) mass is 497 g/mol. The van der Waals surface area contributed by atoms with E-state index in [1.807, 2.05) is 18.2 Å². The Hall–Kier alpha value is -0.630. The van der Waals surface area contributed by atoms with Gasteiger partial charge in [0.1, 0.15) is 5.69 Å². The molecule has 0 saturated carbocycles. The fourth-order valence-electron chi connectivity index (χ4n) is 2.61. The minimum absolute atomic E-state index is 0. The maximum absolute atomic E-state index is 12.3. The van der Waals surface area contributed by atoms with Crippen LogP contribution in [-0.4, -0.2) is 42.0 Å². The summed E-state index contributed by atoms with van der Waals surface area (Å²) in [5.41, 5.74) is 1.34. The van der Waals surface area contributed by atoms with Gasteiger partial charge in [0.15, 0.2) is 0 Å².